The normalized spacial score (nSPS) is 16.8. The highest BCUT2D eigenvalue weighted by Crippen LogP contribution is 2.29. The maximum absolute atomic E-state index is 14.0. The van der Waals surface area contributed by atoms with Crippen LogP contribution in [-0.2, 0) is 9.59 Å². The number of hydrogen-bond acceptors (Lipinski definition) is 4. The van der Waals surface area contributed by atoms with Crippen LogP contribution < -0.4 is 10.2 Å². The lowest BCUT2D eigenvalue weighted by Crippen LogP contribution is -2.28. The Morgan fingerprint density at radius 3 is 2.76 bits per heavy atom. The third-order valence-electron chi connectivity index (χ3n) is 4.86. The topological polar surface area (TPSA) is 75.4 Å². The van der Waals surface area contributed by atoms with Crippen LogP contribution in [0.4, 0.5) is 20.2 Å². The monoisotopic (exact) mass is 399 g/mol. The van der Waals surface area contributed by atoms with E-state index in [0.29, 0.717) is 28.7 Å². The first-order valence-corrected chi connectivity index (χ1v) is 9.28. The number of carbonyl (C=O) groups is 2. The molecule has 150 valence electrons. The van der Waals surface area contributed by atoms with Gasteiger partial charge in [-0.25, -0.2) is 13.8 Å². The highest BCUT2D eigenvalue weighted by molar-refractivity contribution is 6.04. The molecule has 1 fully saturated rings. The van der Waals surface area contributed by atoms with Gasteiger partial charge in [0.2, 0.25) is 11.8 Å². The predicted molar refractivity (Wildman–Crippen MR) is 104 cm³/mol. The van der Waals surface area contributed by atoms with Crippen molar-refractivity contribution in [1.82, 2.24) is 4.98 Å². The van der Waals surface area contributed by atoms with Crippen LogP contribution in [0.1, 0.15) is 32.1 Å². The minimum Gasteiger partial charge on any atom is -0.440 e. The largest absolute Gasteiger partial charge is 0.440 e. The summed E-state index contributed by atoms with van der Waals surface area (Å²) in [6.07, 6.45) is -0.0493. The van der Waals surface area contributed by atoms with Gasteiger partial charge in [0.15, 0.2) is 11.5 Å². The molecule has 0 spiro atoms. The Labute approximate surface area is 165 Å². The Balaban J connectivity index is 1.49. The van der Waals surface area contributed by atoms with Crippen molar-refractivity contribution in [3.8, 4) is 0 Å². The Kier molecular flexibility index (Phi) is 4.77. The number of rotatable bonds is 4. The minimum atomic E-state index is -0.836. The van der Waals surface area contributed by atoms with Crippen LogP contribution in [0.5, 0.6) is 0 Å². The zero-order chi connectivity index (χ0) is 20.7. The summed E-state index contributed by atoms with van der Waals surface area (Å²) in [5.74, 6) is -2.19. The van der Waals surface area contributed by atoms with Crippen molar-refractivity contribution in [2.45, 2.75) is 26.2 Å². The fraction of sp³-hybridized carbons (Fsp3) is 0.286. The molecule has 2 amide bonds. The second kappa shape index (κ2) is 7.27. The van der Waals surface area contributed by atoms with E-state index in [1.165, 1.54) is 11.0 Å². The van der Waals surface area contributed by atoms with Crippen LogP contribution in [0.2, 0.25) is 0 Å². The van der Waals surface area contributed by atoms with Crippen LogP contribution in [0, 0.1) is 17.6 Å². The number of benzene rings is 2. The van der Waals surface area contributed by atoms with E-state index in [0.717, 1.165) is 6.07 Å². The summed E-state index contributed by atoms with van der Waals surface area (Å²) in [5, 5.41) is 2.78. The van der Waals surface area contributed by atoms with E-state index < -0.39 is 17.6 Å². The van der Waals surface area contributed by atoms with Gasteiger partial charge in [-0.1, -0.05) is 13.8 Å². The molecule has 2 heterocycles. The van der Waals surface area contributed by atoms with E-state index in [4.69, 9.17) is 4.42 Å². The van der Waals surface area contributed by atoms with E-state index in [1.54, 1.807) is 18.2 Å². The Bertz CT molecular complexity index is 1110. The van der Waals surface area contributed by atoms with Crippen LogP contribution in [0.25, 0.3) is 11.1 Å². The third kappa shape index (κ3) is 3.70. The summed E-state index contributed by atoms with van der Waals surface area (Å²) in [7, 11) is 0. The van der Waals surface area contributed by atoms with Gasteiger partial charge in [-0.15, -0.1) is 0 Å². The molecule has 6 nitrogen and oxygen atoms in total. The molecule has 3 aromatic rings. The Morgan fingerprint density at radius 1 is 1.24 bits per heavy atom. The highest BCUT2D eigenvalue weighted by Gasteiger charge is 2.36. The van der Waals surface area contributed by atoms with E-state index >= 15 is 0 Å². The second-order valence-electron chi connectivity index (χ2n) is 7.38. The molecule has 8 heteroatoms. The molecular formula is C21H19F2N3O3. The number of anilines is 2. The van der Waals surface area contributed by atoms with Crippen LogP contribution >= 0.6 is 0 Å². The van der Waals surface area contributed by atoms with Crippen molar-refractivity contribution in [3.63, 3.8) is 0 Å². The van der Waals surface area contributed by atoms with Crippen LogP contribution in [0.3, 0.4) is 0 Å². The molecular weight excluding hydrogens is 380 g/mol. The van der Waals surface area contributed by atoms with Gasteiger partial charge in [-0.05, 0) is 30.3 Å². The molecule has 1 aromatic heterocycles. The summed E-state index contributed by atoms with van der Waals surface area (Å²) in [6.45, 7) is 3.97. The standard InChI is InChI=1S/C21H19F2N3O3/c1-11(2)21-25-16-9-14(4-6-18(16)29-21)24-20(28)12-7-19(27)26(10-12)17-5-3-13(22)8-15(17)23/h3-6,8-9,11-12H,7,10H2,1-2H3,(H,24,28). The molecule has 1 aliphatic rings. The molecule has 1 aliphatic heterocycles. The van der Waals surface area contributed by atoms with Crippen molar-refractivity contribution >= 4 is 34.3 Å². The first-order chi connectivity index (χ1) is 13.8. The third-order valence-corrected chi connectivity index (χ3v) is 4.86. The van der Waals surface area contributed by atoms with E-state index in [2.05, 4.69) is 10.3 Å². The number of hydrogen-bond donors (Lipinski definition) is 1. The summed E-state index contributed by atoms with van der Waals surface area (Å²) in [5.41, 5.74) is 1.76. The second-order valence-corrected chi connectivity index (χ2v) is 7.38. The van der Waals surface area contributed by atoms with Crippen LogP contribution in [0.15, 0.2) is 40.8 Å². The molecule has 0 bridgehead atoms. The highest BCUT2D eigenvalue weighted by atomic mass is 19.1. The number of fused-ring (bicyclic) bond motifs is 1. The molecule has 4 rings (SSSR count). The summed E-state index contributed by atoms with van der Waals surface area (Å²) < 4.78 is 32.8. The lowest BCUT2D eigenvalue weighted by molar-refractivity contribution is -0.122. The van der Waals surface area contributed by atoms with Gasteiger partial charge < -0.3 is 14.6 Å². The number of carbonyl (C=O) groups excluding carboxylic acids is 2. The number of oxazole rings is 1. The van der Waals surface area contributed by atoms with E-state index in [1.807, 2.05) is 13.8 Å². The first-order valence-electron chi connectivity index (χ1n) is 9.28. The van der Waals surface area contributed by atoms with E-state index in [9.17, 15) is 18.4 Å². The molecule has 29 heavy (non-hydrogen) atoms. The molecule has 0 aliphatic carbocycles. The first kappa shape index (κ1) is 19.0. The number of amides is 2. The zero-order valence-corrected chi connectivity index (χ0v) is 15.9. The van der Waals surface area contributed by atoms with Gasteiger partial charge >= 0.3 is 0 Å². The van der Waals surface area contributed by atoms with Gasteiger partial charge in [0.25, 0.3) is 0 Å². The number of aromatic nitrogens is 1. The van der Waals surface area contributed by atoms with Gasteiger partial charge in [0, 0.05) is 30.6 Å². The Morgan fingerprint density at radius 2 is 2.03 bits per heavy atom. The molecule has 1 saturated heterocycles. The number of nitrogens with one attached hydrogen (secondary N) is 1. The maximum Gasteiger partial charge on any atom is 0.229 e. The Hall–Kier alpha value is -3.29. The summed E-state index contributed by atoms with van der Waals surface area (Å²) in [4.78, 5) is 30.5. The van der Waals surface area contributed by atoms with Crippen molar-refractivity contribution in [1.29, 1.82) is 0 Å². The predicted octanol–water partition coefficient (Wildman–Crippen LogP) is 4.22. The number of nitrogens with zero attached hydrogens (tertiary/aromatic N) is 2. The lowest BCUT2D eigenvalue weighted by Gasteiger charge is -2.17. The molecule has 1 atom stereocenters. The van der Waals surface area contributed by atoms with Gasteiger partial charge in [-0.3, -0.25) is 9.59 Å². The van der Waals surface area contributed by atoms with E-state index in [-0.39, 0.29) is 36.4 Å². The zero-order valence-electron chi connectivity index (χ0n) is 15.9. The molecule has 1 unspecified atom stereocenters. The fourth-order valence-electron chi connectivity index (χ4n) is 3.33. The van der Waals surface area contributed by atoms with Crippen molar-refractivity contribution in [3.05, 3.63) is 53.9 Å². The van der Waals surface area contributed by atoms with Gasteiger partial charge in [0.1, 0.15) is 17.2 Å². The van der Waals surface area contributed by atoms with Crippen molar-refractivity contribution in [2.75, 3.05) is 16.8 Å². The fourth-order valence-corrected chi connectivity index (χ4v) is 3.33. The number of halogens is 2. The molecule has 0 radical (unpaired) electrons. The SMILES string of the molecule is CC(C)c1nc2cc(NC(=O)C3CC(=O)N(c4ccc(F)cc4F)C3)ccc2o1. The summed E-state index contributed by atoms with van der Waals surface area (Å²) in [6, 6.07) is 8.13. The lowest BCUT2D eigenvalue weighted by atomic mass is 10.1. The molecule has 2 aromatic carbocycles. The maximum atomic E-state index is 14.0. The van der Waals surface area contributed by atoms with Crippen molar-refractivity contribution in [2.24, 2.45) is 5.92 Å². The van der Waals surface area contributed by atoms with Crippen molar-refractivity contribution < 1.29 is 22.8 Å². The molecule has 1 N–H and O–H groups in total. The van der Waals surface area contributed by atoms with Crippen LogP contribution in [-0.4, -0.2) is 23.3 Å². The average molecular weight is 399 g/mol. The molecule has 0 saturated carbocycles. The summed E-state index contributed by atoms with van der Waals surface area (Å²) >= 11 is 0. The quantitative estimate of drug-likeness (QED) is 0.713. The smallest absolute Gasteiger partial charge is 0.229 e. The van der Waals surface area contributed by atoms with Gasteiger partial charge in [0.05, 0.1) is 11.6 Å². The van der Waals surface area contributed by atoms with Gasteiger partial charge in [-0.2, -0.15) is 0 Å². The average Bonchev–Trinajstić information content (AvgIpc) is 3.25. The minimum absolute atomic E-state index is 0.0247.